The first-order chi connectivity index (χ1) is 7.75. The molecule has 1 aromatic heterocycles. The highest BCUT2D eigenvalue weighted by Crippen LogP contribution is 2.03. The molecule has 1 rings (SSSR count). The number of carbonyl (C=O) groups is 1. The lowest BCUT2D eigenvalue weighted by molar-refractivity contribution is 0.0952. The molecule has 2 N–H and O–H groups in total. The average Bonchev–Trinajstić information content (AvgIpc) is 2.69. The van der Waals surface area contributed by atoms with Crippen LogP contribution in [0.25, 0.3) is 0 Å². The second kappa shape index (κ2) is 7.33. The van der Waals surface area contributed by atoms with Gasteiger partial charge in [-0.2, -0.15) is 16.9 Å². The maximum absolute atomic E-state index is 11.6. The molecule has 1 amide bonds. The quantitative estimate of drug-likeness (QED) is 0.718. The molecule has 5 heteroatoms. The van der Waals surface area contributed by atoms with Crippen LogP contribution in [0, 0.1) is 6.92 Å². The summed E-state index contributed by atoms with van der Waals surface area (Å²) >= 11 is 1.87. The first-order valence-electron chi connectivity index (χ1n) is 5.53. The molecular weight excluding hydrogens is 222 g/mol. The largest absolute Gasteiger partial charge is 0.352 e. The minimum absolute atomic E-state index is 0.0314. The van der Waals surface area contributed by atoms with Gasteiger partial charge in [0, 0.05) is 12.2 Å². The van der Waals surface area contributed by atoms with Gasteiger partial charge in [-0.1, -0.05) is 6.42 Å². The third kappa shape index (κ3) is 4.26. The number of unbranched alkanes of at least 4 members (excludes halogenated alkanes) is 2. The van der Waals surface area contributed by atoms with E-state index in [1.807, 2.05) is 18.7 Å². The van der Waals surface area contributed by atoms with Crippen LogP contribution >= 0.6 is 11.8 Å². The third-order valence-electron chi connectivity index (χ3n) is 2.39. The molecule has 0 saturated carbocycles. The van der Waals surface area contributed by atoms with E-state index in [1.165, 1.54) is 18.6 Å². The molecule has 0 spiro atoms. The summed E-state index contributed by atoms with van der Waals surface area (Å²) in [5, 5.41) is 9.47. The van der Waals surface area contributed by atoms with Crippen molar-refractivity contribution >= 4 is 17.7 Å². The maximum Gasteiger partial charge on any atom is 0.254 e. The Bertz CT molecular complexity index is 325. The lowest BCUT2D eigenvalue weighted by Crippen LogP contribution is -2.24. The number of thioether (sulfide) groups is 1. The van der Waals surface area contributed by atoms with Crippen LogP contribution in [0.2, 0.25) is 0 Å². The fourth-order valence-electron chi connectivity index (χ4n) is 1.42. The van der Waals surface area contributed by atoms with Gasteiger partial charge in [-0.25, -0.2) is 0 Å². The van der Waals surface area contributed by atoms with E-state index in [1.54, 1.807) is 6.20 Å². The number of aromatic amines is 1. The molecule has 1 heterocycles. The summed E-state index contributed by atoms with van der Waals surface area (Å²) in [6.45, 7) is 2.60. The van der Waals surface area contributed by atoms with Gasteiger partial charge in [0.1, 0.15) is 0 Å². The van der Waals surface area contributed by atoms with Crippen LogP contribution in [0.5, 0.6) is 0 Å². The zero-order valence-corrected chi connectivity index (χ0v) is 10.7. The lowest BCUT2D eigenvalue weighted by atomic mass is 10.2. The molecule has 0 radical (unpaired) electrons. The Hall–Kier alpha value is -0.970. The average molecular weight is 241 g/mol. The third-order valence-corrected chi connectivity index (χ3v) is 3.08. The van der Waals surface area contributed by atoms with Crippen LogP contribution in [0.1, 0.15) is 35.3 Å². The summed E-state index contributed by atoms with van der Waals surface area (Å²) in [6, 6.07) is 0. The van der Waals surface area contributed by atoms with E-state index >= 15 is 0 Å². The fraction of sp³-hybridized carbons (Fsp3) is 0.636. The second-order valence-electron chi connectivity index (χ2n) is 3.72. The number of carbonyl (C=O) groups excluding carboxylic acids is 1. The number of hydrogen-bond donors (Lipinski definition) is 2. The molecule has 0 saturated heterocycles. The van der Waals surface area contributed by atoms with Crippen molar-refractivity contribution in [3.8, 4) is 0 Å². The Morgan fingerprint density at radius 3 is 2.94 bits per heavy atom. The Labute approximate surface area is 101 Å². The number of aromatic nitrogens is 2. The first-order valence-corrected chi connectivity index (χ1v) is 6.92. The first kappa shape index (κ1) is 13.1. The number of H-pyrrole nitrogens is 1. The molecule has 0 aliphatic carbocycles. The predicted molar refractivity (Wildman–Crippen MR) is 67.9 cm³/mol. The van der Waals surface area contributed by atoms with E-state index in [0.29, 0.717) is 5.56 Å². The smallest absolute Gasteiger partial charge is 0.254 e. The summed E-state index contributed by atoms with van der Waals surface area (Å²) < 4.78 is 0. The van der Waals surface area contributed by atoms with Gasteiger partial charge >= 0.3 is 0 Å². The van der Waals surface area contributed by atoms with Crippen molar-refractivity contribution in [1.29, 1.82) is 0 Å². The highest BCUT2D eigenvalue weighted by molar-refractivity contribution is 7.98. The Morgan fingerprint density at radius 1 is 1.50 bits per heavy atom. The molecule has 16 heavy (non-hydrogen) atoms. The predicted octanol–water partition coefficient (Wildman–Crippen LogP) is 1.98. The van der Waals surface area contributed by atoms with E-state index in [4.69, 9.17) is 0 Å². The number of amides is 1. The summed E-state index contributed by atoms with van der Waals surface area (Å²) in [5.74, 6) is 1.17. The summed E-state index contributed by atoms with van der Waals surface area (Å²) in [6.07, 6.45) is 7.12. The molecule has 0 aliphatic heterocycles. The van der Waals surface area contributed by atoms with Gasteiger partial charge in [0.05, 0.1) is 11.8 Å². The van der Waals surface area contributed by atoms with Crippen molar-refractivity contribution in [2.45, 2.75) is 26.2 Å². The van der Waals surface area contributed by atoms with Gasteiger partial charge in [0.25, 0.3) is 5.91 Å². The lowest BCUT2D eigenvalue weighted by Gasteiger charge is -2.03. The number of aryl methyl sites for hydroxylation is 1. The zero-order valence-electron chi connectivity index (χ0n) is 9.88. The normalized spacial score (nSPS) is 10.4. The van der Waals surface area contributed by atoms with Gasteiger partial charge in [-0.05, 0) is 31.8 Å². The maximum atomic E-state index is 11.6. The van der Waals surface area contributed by atoms with Gasteiger partial charge in [-0.3, -0.25) is 9.89 Å². The minimum atomic E-state index is -0.0314. The van der Waals surface area contributed by atoms with Crippen LogP contribution in [0.15, 0.2) is 6.20 Å². The second-order valence-corrected chi connectivity index (χ2v) is 4.70. The van der Waals surface area contributed by atoms with Gasteiger partial charge in [-0.15, -0.1) is 0 Å². The van der Waals surface area contributed by atoms with Crippen molar-refractivity contribution in [2.75, 3.05) is 18.6 Å². The molecule has 90 valence electrons. The summed E-state index contributed by atoms with van der Waals surface area (Å²) in [7, 11) is 0. The van der Waals surface area contributed by atoms with E-state index in [2.05, 4.69) is 21.8 Å². The van der Waals surface area contributed by atoms with Gasteiger partial charge < -0.3 is 5.32 Å². The Balaban J connectivity index is 2.14. The Morgan fingerprint density at radius 2 is 2.31 bits per heavy atom. The van der Waals surface area contributed by atoms with Crippen molar-refractivity contribution < 1.29 is 4.79 Å². The zero-order chi connectivity index (χ0) is 11.8. The highest BCUT2D eigenvalue weighted by atomic mass is 32.2. The Kier molecular flexibility index (Phi) is 6.00. The number of rotatable bonds is 7. The van der Waals surface area contributed by atoms with E-state index < -0.39 is 0 Å². The number of nitrogens with zero attached hydrogens (tertiary/aromatic N) is 1. The van der Waals surface area contributed by atoms with E-state index in [0.717, 1.165) is 18.7 Å². The van der Waals surface area contributed by atoms with E-state index in [-0.39, 0.29) is 5.91 Å². The fourth-order valence-corrected chi connectivity index (χ4v) is 1.92. The topological polar surface area (TPSA) is 57.8 Å². The number of nitrogens with one attached hydrogen (secondary N) is 2. The van der Waals surface area contributed by atoms with Crippen LogP contribution in [0.4, 0.5) is 0 Å². The highest BCUT2D eigenvalue weighted by Gasteiger charge is 2.09. The van der Waals surface area contributed by atoms with E-state index in [9.17, 15) is 4.79 Å². The molecule has 0 bridgehead atoms. The molecule has 4 nitrogen and oxygen atoms in total. The molecule has 1 aromatic rings. The van der Waals surface area contributed by atoms with Gasteiger partial charge in [0.2, 0.25) is 0 Å². The molecule has 0 atom stereocenters. The monoisotopic (exact) mass is 241 g/mol. The van der Waals surface area contributed by atoms with Crippen LogP contribution in [-0.2, 0) is 0 Å². The van der Waals surface area contributed by atoms with Crippen molar-refractivity contribution in [3.05, 3.63) is 17.5 Å². The van der Waals surface area contributed by atoms with Gasteiger partial charge in [0.15, 0.2) is 0 Å². The van der Waals surface area contributed by atoms with Crippen LogP contribution in [-0.4, -0.2) is 34.7 Å². The van der Waals surface area contributed by atoms with Crippen LogP contribution in [0.3, 0.4) is 0 Å². The molecular formula is C11H19N3OS. The van der Waals surface area contributed by atoms with Crippen molar-refractivity contribution in [1.82, 2.24) is 15.5 Å². The molecule has 0 aromatic carbocycles. The van der Waals surface area contributed by atoms with Crippen molar-refractivity contribution in [3.63, 3.8) is 0 Å². The molecule has 0 unspecified atom stereocenters. The summed E-state index contributed by atoms with van der Waals surface area (Å²) in [5.41, 5.74) is 1.46. The standard InChI is InChI=1S/C11H19N3OS/c1-9-10(8-13-14-9)11(15)12-6-4-3-5-7-16-2/h8H,3-7H2,1-2H3,(H,12,15)(H,13,14). The summed E-state index contributed by atoms with van der Waals surface area (Å²) in [4.78, 5) is 11.6. The van der Waals surface area contributed by atoms with Crippen molar-refractivity contribution in [2.24, 2.45) is 0 Å². The van der Waals surface area contributed by atoms with Crippen LogP contribution < -0.4 is 5.32 Å². The minimum Gasteiger partial charge on any atom is -0.352 e. The molecule has 0 aliphatic rings. The SMILES string of the molecule is CSCCCCCNC(=O)c1cn[nH]c1C. The number of hydrogen-bond acceptors (Lipinski definition) is 3. The molecule has 0 fully saturated rings.